The molecule has 1 aliphatic carbocycles. The fourth-order valence-electron chi connectivity index (χ4n) is 5.46. The van der Waals surface area contributed by atoms with Crippen LogP contribution < -0.4 is 10.3 Å². The number of pyridine rings is 1. The smallest absolute Gasteiger partial charge is 0.253 e. The largest absolute Gasteiger partial charge is 0.497 e. The van der Waals surface area contributed by atoms with Crippen LogP contribution in [0.1, 0.15) is 75.3 Å². The minimum absolute atomic E-state index is 0.0795. The Hall–Kier alpha value is -2.74. The van der Waals surface area contributed by atoms with Crippen LogP contribution in [0.2, 0.25) is 0 Å². The maximum absolute atomic E-state index is 13.3. The van der Waals surface area contributed by atoms with Gasteiger partial charge in [-0.15, -0.1) is 5.10 Å². The van der Waals surface area contributed by atoms with Crippen molar-refractivity contribution >= 4 is 10.9 Å². The van der Waals surface area contributed by atoms with E-state index in [-0.39, 0.29) is 11.6 Å². The molecule has 2 aromatic heterocycles. The third-order valence-electron chi connectivity index (χ3n) is 7.11. The van der Waals surface area contributed by atoms with Gasteiger partial charge in [0.05, 0.1) is 13.2 Å². The summed E-state index contributed by atoms with van der Waals surface area (Å²) in [6.45, 7) is 4.14. The third-order valence-corrected chi connectivity index (χ3v) is 7.11. The van der Waals surface area contributed by atoms with Gasteiger partial charge in [-0.25, -0.2) is 4.68 Å². The molecule has 5 rings (SSSR count). The van der Waals surface area contributed by atoms with Crippen molar-refractivity contribution in [3.63, 3.8) is 0 Å². The summed E-state index contributed by atoms with van der Waals surface area (Å²) in [6.07, 6.45) is 8.17. The number of nitrogens with zero attached hydrogens (tertiary/aromatic N) is 5. The normalized spacial score (nSPS) is 21.6. The second-order valence-corrected chi connectivity index (χ2v) is 9.43. The zero-order valence-corrected chi connectivity index (χ0v) is 19.0. The average molecular weight is 437 g/mol. The Morgan fingerprint density at radius 1 is 1.12 bits per heavy atom. The van der Waals surface area contributed by atoms with E-state index in [0.717, 1.165) is 54.8 Å². The first-order valence-corrected chi connectivity index (χ1v) is 11.9. The van der Waals surface area contributed by atoms with E-state index >= 15 is 0 Å². The lowest BCUT2D eigenvalue weighted by molar-refractivity contribution is 0.138. The molecule has 0 spiro atoms. The SMILES string of the molecule is COc1ccc2[nH]c(=O)c([C@H](c3nnnn3C3CCCCC3)N3CCC[C@@H](C)C3)cc2c1. The van der Waals surface area contributed by atoms with E-state index in [1.54, 1.807) is 7.11 Å². The molecule has 2 atom stereocenters. The van der Waals surface area contributed by atoms with Gasteiger partial charge >= 0.3 is 0 Å². The van der Waals surface area contributed by atoms with Crippen LogP contribution in [-0.4, -0.2) is 50.3 Å². The molecular weight excluding hydrogens is 404 g/mol. The molecule has 170 valence electrons. The molecule has 2 aliphatic rings. The maximum atomic E-state index is 13.3. The van der Waals surface area contributed by atoms with Gasteiger partial charge in [-0.1, -0.05) is 26.2 Å². The minimum atomic E-state index is -0.269. The van der Waals surface area contributed by atoms with Crippen LogP contribution in [0, 0.1) is 5.92 Å². The lowest BCUT2D eigenvalue weighted by Crippen LogP contribution is -2.41. The number of piperidine rings is 1. The number of fused-ring (bicyclic) bond motifs is 1. The number of hydrogen-bond acceptors (Lipinski definition) is 6. The summed E-state index contributed by atoms with van der Waals surface area (Å²) in [5.74, 6) is 2.13. The molecule has 3 heterocycles. The molecule has 0 unspecified atom stereocenters. The highest BCUT2D eigenvalue weighted by molar-refractivity contribution is 5.80. The molecule has 0 bridgehead atoms. The highest BCUT2D eigenvalue weighted by atomic mass is 16.5. The van der Waals surface area contributed by atoms with Gasteiger partial charge in [0.2, 0.25) is 0 Å². The number of likely N-dealkylation sites (tertiary alicyclic amines) is 1. The predicted octanol–water partition coefficient (Wildman–Crippen LogP) is 3.85. The Bertz CT molecular complexity index is 1130. The molecule has 1 aromatic carbocycles. The Kier molecular flexibility index (Phi) is 5.95. The lowest BCUT2D eigenvalue weighted by Gasteiger charge is -2.37. The van der Waals surface area contributed by atoms with Crippen molar-refractivity contribution in [3.05, 3.63) is 46.0 Å². The van der Waals surface area contributed by atoms with Crippen LogP contribution in [0.3, 0.4) is 0 Å². The Morgan fingerprint density at radius 2 is 1.97 bits per heavy atom. The zero-order chi connectivity index (χ0) is 22.1. The molecule has 8 heteroatoms. The number of nitrogens with one attached hydrogen (secondary N) is 1. The highest BCUT2D eigenvalue weighted by Gasteiger charge is 2.34. The van der Waals surface area contributed by atoms with E-state index in [2.05, 4.69) is 32.3 Å². The van der Waals surface area contributed by atoms with E-state index in [0.29, 0.717) is 17.5 Å². The molecule has 2 fully saturated rings. The number of H-pyrrole nitrogens is 1. The number of ether oxygens (including phenoxy) is 1. The van der Waals surface area contributed by atoms with E-state index < -0.39 is 0 Å². The molecule has 1 saturated heterocycles. The molecule has 1 saturated carbocycles. The van der Waals surface area contributed by atoms with Gasteiger partial charge in [-0.3, -0.25) is 9.69 Å². The lowest BCUT2D eigenvalue weighted by atomic mass is 9.93. The van der Waals surface area contributed by atoms with Gasteiger partial charge in [0.25, 0.3) is 5.56 Å². The molecule has 8 nitrogen and oxygen atoms in total. The van der Waals surface area contributed by atoms with Crippen molar-refractivity contribution in [2.45, 2.75) is 64.0 Å². The van der Waals surface area contributed by atoms with Crippen molar-refractivity contribution in [2.75, 3.05) is 20.2 Å². The summed E-state index contributed by atoms with van der Waals surface area (Å²) in [4.78, 5) is 18.8. The maximum Gasteiger partial charge on any atom is 0.253 e. The van der Waals surface area contributed by atoms with Crippen LogP contribution in [0.5, 0.6) is 5.75 Å². The molecule has 0 amide bonds. The topological polar surface area (TPSA) is 88.9 Å². The van der Waals surface area contributed by atoms with Crippen LogP contribution in [0.15, 0.2) is 29.1 Å². The number of aromatic nitrogens is 5. The van der Waals surface area contributed by atoms with Crippen molar-refractivity contribution in [1.29, 1.82) is 0 Å². The fourth-order valence-corrected chi connectivity index (χ4v) is 5.46. The monoisotopic (exact) mass is 436 g/mol. The van der Waals surface area contributed by atoms with E-state index in [9.17, 15) is 4.79 Å². The van der Waals surface area contributed by atoms with Gasteiger partial charge in [-0.2, -0.15) is 0 Å². The second kappa shape index (κ2) is 9.02. The molecule has 3 aromatic rings. The fraction of sp³-hybridized carbons (Fsp3) is 0.583. The summed E-state index contributed by atoms with van der Waals surface area (Å²) in [6, 6.07) is 7.76. The summed E-state index contributed by atoms with van der Waals surface area (Å²) >= 11 is 0. The van der Waals surface area contributed by atoms with Crippen LogP contribution >= 0.6 is 0 Å². The molecule has 0 radical (unpaired) electrons. The number of methoxy groups -OCH3 is 1. The number of benzene rings is 1. The van der Waals surface area contributed by atoms with Gasteiger partial charge in [0.15, 0.2) is 5.82 Å². The zero-order valence-electron chi connectivity index (χ0n) is 19.0. The first-order chi connectivity index (χ1) is 15.6. The molecular formula is C24H32N6O2. The number of aromatic amines is 1. The third kappa shape index (κ3) is 4.03. The Morgan fingerprint density at radius 3 is 2.75 bits per heavy atom. The Balaban J connectivity index is 1.64. The van der Waals surface area contributed by atoms with Crippen molar-refractivity contribution in [3.8, 4) is 5.75 Å². The van der Waals surface area contributed by atoms with E-state index in [1.807, 2.05) is 28.9 Å². The van der Waals surface area contributed by atoms with Crippen LogP contribution in [0.4, 0.5) is 0 Å². The number of hydrogen-bond donors (Lipinski definition) is 1. The second-order valence-electron chi connectivity index (χ2n) is 9.43. The van der Waals surface area contributed by atoms with Gasteiger partial charge in [-0.05, 0) is 72.8 Å². The van der Waals surface area contributed by atoms with E-state index in [4.69, 9.17) is 4.74 Å². The summed E-state index contributed by atoms with van der Waals surface area (Å²) in [5.41, 5.74) is 1.42. The first-order valence-electron chi connectivity index (χ1n) is 11.9. The van der Waals surface area contributed by atoms with Crippen molar-refractivity contribution in [2.24, 2.45) is 5.92 Å². The standard InChI is InChI=1S/C24H32N6O2/c1-16-7-6-12-29(15-16)22(23-26-27-28-30(23)18-8-4-3-5-9-18)20-14-17-13-19(32-2)10-11-21(17)25-24(20)31/h10-11,13-14,16,18,22H,3-9,12,15H2,1-2H3,(H,25,31)/t16-,22-/m1/s1. The van der Waals surface area contributed by atoms with Crippen LogP contribution in [-0.2, 0) is 0 Å². The Labute approximate surface area is 188 Å². The summed E-state index contributed by atoms with van der Waals surface area (Å²) in [7, 11) is 1.66. The van der Waals surface area contributed by atoms with Gasteiger partial charge in [0.1, 0.15) is 11.8 Å². The van der Waals surface area contributed by atoms with Crippen molar-refractivity contribution < 1.29 is 4.74 Å². The van der Waals surface area contributed by atoms with Crippen LogP contribution in [0.25, 0.3) is 10.9 Å². The molecule has 1 aliphatic heterocycles. The minimum Gasteiger partial charge on any atom is -0.497 e. The first kappa shape index (κ1) is 21.1. The van der Waals surface area contributed by atoms with Gasteiger partial charge in [0, 0.05) is 23.0 Å². The highest BCUT2D eigenvalue weighted by Crippen LogP contribution is 2.35. The number of tetrazole rings is 1. The molecule has 1 N–H and O–H groups in total. The summed E-state index contributed by atoms with van der Waals surface area (Å²) < 4.78 is 7.43. The van der Waals surface area contributed by atoms with Crippen molar-refractivity contribution in [1.82, 2.24) is 30.1 Å². The predicted molar refractivity (Wildman–Crippen MR) is 123 cm³/mol. The van der Waals surface area contributed by atoms with Gasteiger partial charge < -0.3 is 9.72 Å². The molecule has 32 heavy (non-hydrogen) atoms. The number of rotatable bonds is 5. The van der Waals surface area contributed by atoms with E-state index in [1.165, 1.54) is 25.7 Å². The quantitative estimate of drug-likeness (QED) is 0.654. The average Bonchev–Trinajstić information content (AvgIpc) is 3.29. The summed E-state index contributed by atoms with van der Waals surface area (Å²) in [5, 5.41) is 14.0.